The van der Waals surface area contributed by atoms with Crippen molar-refractivity contribution < 1.29 is 28.8 Å². The van der Waals surface area contributed by atoms with E-state index in [1.807, 2.05) is 20.8 Å². The second kappa shape index (κ2) is 11.0. The lowest BCUT2D eigenvalue weighted by atomic mass is 9.70. The fraction of sp³-hybridized carbons (Fsp3) is 0.640. The summed E-state index contributed by atoms with van der Waals surface area (Å²) in [6.45, 7) is 6.44. The zero-order valence-corrected chi connectivity index (χ0v) is 20.8. The molecule has 1 saturated heterocycles. The van der Waals surface area contributed by atoms with Gasteiger partial charge in [0.05, 0.1) is 12.0 Å². The maximum atomic E-state index is 13.9. The highest BCUT2D eigenvalue weighted by molar-refractivity contribution is 5.91. The third-order valence-electron chi connectivity index (χ3n) is 7.49. The third kappa shape index (κ3) is 5.91. The minimum absolute atomic E-state index is 0.0294. The summed E-state index contributed by atoms with van der Waals surface area (Å²) in [7, 11) is 1.32. The second-order valence-corrected chi connectivity index (χ2v) is 10.1. The number of carbonyl (C=O) groups is 3. The Kier molecular flexibility index (Phi) is 8.34. The maximum absolute atomic E-state index is 13.9. The molecule has 1 aromatic carbocycles. The number of hydrogen-bond acceptors (Lipinski definition) is 7. The van der Waals surface area contributed by atoms with Crippen molar-refractivity contribution >= 4 is 23.7 Å². The quantitative estimate of drug-likeness (QED) is 0.347. The van der Waals surface area contributed by atoms with Crippen LogP contribution in [0.4, 0.5) is 10.5 Å². The van der Waals surface area contributed by atoms with Crippen LogP contribution in [-0.2, 0) is 14.3 Å². The number of ether oxygens (including phenoxy) is 2. The molecule has 35 heavy (non-hydrogen) atoms. The van der Waals surface area contributed by atoms with Gasteiger partial charge in [-0.15, -0.1) is 0 Å². The molecular formula is C25H35N3O7. The van der Waals surface area contributed by atoms with Crippen molar-refractivity contribution in [3.05, 3.63) is 34.4 Å². The van der Waals surface area contributed by atoms with Crippen LogP contribution in [0.1, 0.15) is 59.3 Å². The van der Waals surface area contributed by atoms with E-state index in [1.54, 1.807) is 4.90 Å². The topological polar surface area (TPSA) is 128 Å². The number of amides is 2. The molecule has 0 bridgehead atoms. The largest absolute Gasteiger partial charge is 0.467 e. The number of methoxy groups -OCH3 is 1. The van der Waals surface area contributed by atoms with Crippen molar-refractivity contribution in [2.45, 2.75) is 71.4 Å². The van der Waals surface area contributed by atoms with E-state index in [1.165, 1.54) is 31.4 Å². The van der Waals surface area contributed by atoms with E-state index < -0.39 is 34.5 Å². The molecule has 2 fully saturated rings. The van der Waals surface area contributed by atoms with E-state index in [0.717, 1.165) is 32.1 Å². The monoisotopic (exact) mass is 489 g/mol. The van der Waals surface area contributed by atoms with Crippen molar-refractivity contribution in [2.75, 3.05) is 13.7 Å². The summed E-state index contributed by atoms with van der Waals surface area (Å²) >= 11 is 0. The average Bonchev–Trinajstić information content (AvgIpc) is 3.28. The maximum Gasteiger partial charge on any atom is 0.413 e. The fourth-order valence-electron chi connectivity index (χ4n) is 5.42. The molecule has 1 aromatic rings. The molecular weight excluding hydrogens is 454 g/mol. The number of non-ortho nitro benzene ring substituents is 1. The molecule has 0 unspecified atom stereocenters. The van der Waals surface area contributed by atoms with E-state index in [4.69, 9.17) is 9.47 Å². The first-order chi connectivity index (χ1) is 16.6. The van der Waals surface area contributed by atoms with Gasteiger partial charge in [0.25, 0.3) is 5.69 Å². The molecule has 0 aromatic heterocycles. The number of carbonyl (C=O) groups excluding carboxylic acids is 3. The molecule has 1 aliphatic carbocycles. The number of rotatable bonds is 7. The normalized spacial score (nSPS) is 22.4. The van der Waals surface area contributed by atoms with Gasteiger partial charge in [-0.25, -0.2) is 9.59 Å². The lowest BCUT2D eigenvalue weighted by Gasteiger charge is -2.42. The summed E-state index contributed by atoms with van der Waals surface area (Å²) < 4.78 is 10.4. The summed E-state index contributed by atoms with van der Waals surface area (Å²) in [6.07, 6.45) is 4.31. The van der Waals surface area contributed by atoms with E-state index >= 15 is 0 Å². The number of likely N-dealkylation sites (tertiary alicyclic amines) is 1. The van der Waals surface area contributed by atoms with E-state index in [9.17, 15) is 24.5 Å². The van der Waals surface area contributed by atoms with Gasteiger partial charge in [0.2, 0.25) is 5.91 Å². The van der Waals surface area contributed by atoms with Gasteiger partial charge in [0.15, 0.2) is 0 Å². The van der Waals surface area contributed by atoms with Crippen LogP contribution in [0, 0.1) is 27.4 Å². The third-order valence-corrected chi connectivity index (χ3v) is 7.49. The van der Waals surface area contributed by atoms with Crippen LogP contribution in [0.25, 0.3) is 0 Å². The Bertz CT molecular complexity index is 941. The lowest BCUT2D eigenvalue weighted by molar-refractivity contribution is -0.384. The summed E-state index contributed by atoms with van der Waals surface area (Å²) in [5.74, 6) is -0.482. The number of nitro groups is 1. The van der Waals surface area contributed by atoms with Crippen LogP contribution in [0.3, 0.4) is 0 Å². The van der Waals surface area contributed by atoms with Gasteiger partial charge in [-0.05, 0) is 48.6 Å². The van der Waals surface area contributed by atoms with E-state index in [0.29, 0.717) is 13.0 Å². The molecule has 3 rings (SSSR count). The molecule has 1 aliphatic heterocycles. The minimum atomic E-state index is -0.883. The molecule has 10 heteroatoms. The van der Waals surface area contributed by atoms with Crippen LogP contribution >= 0.6 is 0 Å². The van der Waals surface area contributed by atoms with Gasteiger partial charge in [0, 0.05) is 18.7 Å². The Labute approximate surface area is 205 Å². The van der Waals surface area contributed by atoms with E-state index in [-0.39, 0.29) is 29.2 Å². The summed E-state index contributed by atoms with van der Waals surface area (Å²) in [4.78, 5) is 51.4. The van der Waals surface area contributed by atoms with Crippen molar-refractivity contribution in [3.8, 4) is 5.75 Å². The molecule has 1 heterocycles. The number of nitro benzene ring substituents is 1. The highest BCUT2D eigenvalue weighted by Crippen LogP contribution is 2.41. The molecule has 0 radical (unpaired) electrons. The number of nitrogens with zero attached hydrogens (tertiary/aromatic N) is 2. The zero-order valence-electron chi connectivity index (χ0n) is 20.8. The molecule has 0 spiro atoms. The van der Waals surface area contributed by atoms with Crippen molar-refractivity contribution in [1.29, 1.82) is 0 Å². The van der Waals surface area contributed by atoms with Crippen molar-refractivity contribution in [2.24, 2.45) is 17.3 Å². The summed E-state index contributed by atoms with van der Waals surface area (Å²) in [6, 6.07) is 3.56. The second-order valence-electron chi connectivity index (χ2n) is 10.1. The Hall–Kier alpha value is -3.17. The predicted octanol–water partition coefficient (Wildman–Crippen LogP) is 4.07. The Balaban J connectivity index is 1.84. The predicted molar refractivity (Wildman–Crippen MR) is 128 cm³/mol. The molecule has 192 valence electrons. The SMILES string of the molecule is COC(=O)[C@@H]1[C@@H](C(C)C)CCN1C(=O)[C@@H](NC(=O)Oc1ccc([N+](=O)[O-])cc1)C1(C)CCCCC1. The molecule has 2 amide bonds. The van der Waals surface area contributed by atoms with Crippen molar-refractivity contribution in [1.82, 2.24) is 10.2 Å². The Morgan fingerprint density at radius 1 is 1.14 bits per heavy atom. The van der Waals surface area contributed by atoms with Gasteiger partial charge in [-0.1, -0.05) is 40.0 Å². The summed E-state index contributed by atoms with van der Waals surface area (Å²) in [5.41, 5.74) is -0.622. The molecule has 3 atom stereocenters. The number of hydrogen-bond donors (Lipinski definition) is 1. The lowest BCUT2D eigenvalue weighted by Crippen LogP contribution is -2.59. The molecule has 2 aliphatic rings. The highest BCUT2D eigenvalue weighted by Gasteiger charge is 2.49. The van der Waals surface area contributed by atoms with Gasteiger partial charge < -0.3 is 19.7 Å². The van der Waals surface area contributed by atoms with Gasteiger partial charge in [-0.3, -0.25) is 14.9 Å². The first-order valence-corrected chi connectivity index (χ1v) is 12.2. The number of esters is 1. The number of benzene rings is 1. The first kappa shape index (κ1) is 26.4. The molecule has 1 N–H and O–H groups in total. The van der Waals surface area contributed by atoms with Crippen LogP contribution in [-0.4, -0.2) is 53.5 Å². The Morgan fingerprint density at radius 3 is 2.31 bits per heavy atom. The smallest absolute Gasteiger partial charge is 0.413 e. The summed E-state index contributed by atoms with van der Waals surface area (Å²) in [5, 5.41) is 13.6. The molecule has 10 nitrogen and oxygen atoms in total. The van der Waals surface area contributed by atoms with Gasteiger partial charge in [-0.2, -0.15) is 0 Å². The van der Waals surface area contributed by atoms with Gasteiger partial charge in [0.1, 0.15) is 17.8 Å². The Morgan fingerprint density at radius 2 is 1.77 bits per heavy atom. The van der Waals surface area contributed by atoms with E-state index in [2.05, 4.69) is 5.32 Å². The minimum Gasteiger partial charge on any atom is -0.467 e. The standard InChI is InChI=1S/C25H35N3O7/c1-16(2)19-12-15-27(20(19)23(30)34-4)22(29)21(25(3)13-6-5-7-14-25)26-24(31)35-18-10-8-17(9-11-18)28(32)33/h8-11,16,19-21H,5-7,12-15H2,1-4H3,(H,26,31)/t19-,20+,21-/m1/s1. The fourth-order valence-corrected chi connectivity index (χ4v) is 5.42. The van der Waals surface area contributed by atoms with Crippen LogP contribution in [0.2, 0.25) is 0 Å². The van der Waals surface area contributed by atoms with Gasteiger partial charge >= 0.3 is 12.1 Å². The number of nitrogens with one attached hydrogen (secondary N) is 1. The van der Waals surface area contributed by atoms with Crippen molar-refractivity contribution in [3.63, 3.8) is 0 Å². The van der Waals surface area contributed by atoms with Crippen LogP contribution < -0.4 is 10.1 Å². The first-order valence-electron chi connectivity index (χ1n) is 12.2. The molecule has 1 saturated carbocycles. The highest BCUT2D eigenvalue weighted by atomic mass is 16.6. The zero-order chi connectivity index (χ0) is 25.8. The average molecular weight is 490 g/mol. The van der Waals surface area contributed by atoms with Crippen LogP contribution in [0.15, 0.2) is 24.3 Å². The van der Waals surface area contributed by atoms with Crippen LogP contribution in [0.5, 0.6) is 5.75 Å².